The average molecular weight is 273 g/mol. The molecule has 20 heavy (non-hydrogen) atoms. The summed E-state index contributed by atoms with van der Waals surface area (Å²) in [5.41, 5.74) is 2.11. The Hall–Kier alpha value is -2.04. The third-order valence-corrected chi connectivity index (χ3v) is 3.55. The molecule has 106 valence electrons. The number of aryl methyl sites for hydroxylation is 1. The van der Waals surface area contributed by atoms with Gasteiger partial charge in [0.2, 0.25) is 5.89 Å². The van der Waals surface area contributed by atoms with Crippen LogP contribution in [-0.2, 0) is 0 Å². The van der Waals surface area contributed by atoms with E-state index in [0.717, 1.165) is 22.8 Å². The van der Waals surface area contributed by atoms with E-state index in [9.17, 15) is 0 Å². The number of nitrogens with zero attached hydrogens (tertiary/aromatic N) is 2. The summed E-state index contributed by atoms with van der Waals surface area (Å²) in [5, 5.41) is 7.41. The number of aromatic nitrogens is 2. The van der Waals surface area contributed by atoms with Crippen LogP contribution in [0.4, 0.5) is 5.69 Å². The van der Waals surface area contributed by atoms with E-state index in [-0.39, 0.29) is 6.04 Å². The van der Waals surface area contributed by atoms with Gasteiger partial charge in [-0.25, -0.2) is 0 Å². The lowest BCUT2D eigenvalue weighted by Gasteiger charge is -2.13. The highest BCUT2D eigenvalue weighted by molar-refractivity contribution is 5.51. The number of anilines is 1. The summed E-state index contributed by atoms with van der Waals surface area (Å²) < 4.78 is 10.6. The summed E-state index contributed by atoms with van der Waals surface area (Å²) >= 11 is 0. The molecule has 5 nitrogen and oxygen atoms in total. The summed E-state index contributed by atoms with van der Waals surface area (Å²) in [4.78, 5) is 4.46. The number of hydrogen-bond acceptors (Lipinski definition) is 5. The highest BCUT2D eigenvalue weighted by Gasteiger charge is 2.29. The van der Waals surface area contributed by atoms with Crippen molar-refractivity contribution in [3.05, 3.63) is 35.5 Å². The lowest BCUT2D eigenvalue weighted by molar-refractivity contribution is 0.363. The molecule has 0 amide bonds. The van der Waals surface area contributed by atoms with Gasteiger partial charge in [-0.15, -0.1) is 0 Å². The van der Waals surface area contributed by atoms with Crippen molar-refractivity contribution in [2.45, 2.75) is 38.6 Å². The third kappa shape index (κ3) is 2.61. The van der Waals surface area contributed by atoms with Crippen molar-refractivity contribution in [2.24, 2.45) is 0 Å². The molecule has 0 bridgehead atoms. The van der Waals surface area contributed by atoms with Crippen LogP contribution >= 0.6 is 0 Å². The van der Waals surface area contributed by atoms with Gasteiger partial charge in [-0.1, -0.05) is 5.16 Å². The minimum Gasteiger partial charge on any atom is -0.496 e. The van der Waals surface area contributed by atoms with E-state index >= 15 is 0 Å². The Bertz CT molecular complexity index is 605. The average Bonchev–Trinajstić information content (AvgIpc) is 3.16. The zero-order valence-electron chi connectivity index (χ0n) is 12.0. The molecule has 1 fully saturated rings. The lowest BCUT2D eigenvalue weighted by atomic mass is 10.2. The molecule has 1 aliphatic rings. The van der Waals surface area contributed by atoms with Gasteiger partial charge in [-0.3, -0.25) is 0 Å². The van der Waals surface area contributed by atoms with E-state index in [0.29, 0.717) is 11.8 Å². The van der Waals surface area contributed by atoms with E-state index in [1.165, 1.54) is 12.8 Å². The van der Waals surface area contributed by atoms with Crippen molar-refractivity contribution >= 4 is 5.69 Å². The molecule has 1 atom stereocenters. The molecule has 0 radical (unpaired) electrons. The highest BCUT2D eigenvalue weighted by atomic mass is 16.5. The van der Waals surface area contributed by atoms with Crippen molar-refractivity contribution in [2.75, 3.05) is 12.4 Å². The maximum Gasteiger partial charge on any atom is 0.248 e. The second-order valence-electron chi connectivity index (χ2n) is 5.32. The van der Waals surface area contributed by atoms with Crippen molar-refractivity contribution in [3.8, 4) is 5.75 Å². The molecular weight excluding hydrogens is 254 g/mol. The minimum absolute atomic E-state index is 0.0113. The molecular formula is C15H19N3O2. The minimum atomic E-state index is -0.0113. The topological polar surface area (TPSA) is 60.2 Å². The molecule has 1 aliphatic carbocycles. The van der Waals surface area contributed by atoms with Crippen molar-refractivity contribution in [3.63, 3.8) is 0 Å². The first-order valence-corrected chi connectivity index (χ1v) is 6.92. The fraction of sp³-hybridized carbons (Fsp3) is 0.467. The monoisotopic (exact) mass is 273 g/mol. The van der Waals surface area contributed by atoms with E-state index in [4.69, 9.17) is 9.26 Å². The summed E-state index contributed by atoms with van der Waals surface area (Å²) in [6.45, 7) is 4.04. The zero-order valence-corrected chi connectivity index (χ0v) is 12.0. The van der Waals surface area contributed by atoms with Crippen molar-refractivity contribution < 1.29 is 9.26 Å². The molecule has 3 rings (SSSR count). The first-order valence-electron chi connectivity index (χ1n) is 6.92. The zero-order chi connectivity index (χ0) is 14.1. The van der Waals surface area contributed by atoms with E-state index in [1.807, 2.05) is 32.0 Å². The van der Waals surface area contributed by atoms with Crippen LogP contribution in [0.25, 0.3) is 0 Å². The van der Waals surface area contributed by atoms with Gasteiger partial charge < -0.3 is 14.6 Å². The highest BCUT2D eigenvalue weighted by Crippen LogP contribution is 2.38. The molecule has 2 aromatic rings. The predicted molar refractivity (Wildman–Crippen MR) is 76.0 cm³/mol. The largest absolute Gasteiger partial charge is 0.496 e. The van der Waals surface area contributed by atoms with Gasteiger partial charge in [0.15, 0.2) is 5.82 Å². The van der Waals surface area contributed by atoms with E-state index in [1.54, 1.807) is 7.11 Å². The number of methoxy groups -OCH3 is 1. The number of nitrogens with one attached hydrogen (secondary N) is 1. The Morgan fingerprint density at radius 2 is 2.20 bits per heavy atom. The summed E-state index contributed by atoms with van der Waals surface area (Å²) in [7, 11) is 1.68. The maximum atomic E-state index is 5.33. The van der Waals surface area contributed by atoms with Gasteiger partial charge in [0.25, 0.3) is 0 Å². The quantitative estimate of drug-likeness (QED) is 0.904. The molecule has 1 aromatic heterocycles. The Balaban J connectivity index is 1.70. The Morgan fingerprint density at radius 3 is 2.85 bits per heavy atom. The number of ether oxygens (including phenoxy) is 1. The Labute approximate surface area is 118 Å². The van der Waals surface area contributed by atoms with Gasteiger partial charge in [0.05, 0.1) is 7.11 Å². The molecule has 1 saturated carbocycles. The first kappa shape index (κ1) is 13.0. The smallest absolute Gasteiger partial charge is 0.248 e. The van der Waals surface area contributed by atoms with Crippen LogP contribution in [0.5, 0.6) is 5.75 Å². The molecule has 0 aliphatic heterocycles. The number of benzene rings is 1. The van der Waals surface area contributed by atoms with Crippen LogP contribution < -0.4 is 10.1 Å². The standard InChI is InChI=1S/C15H19N3O2/c1-9-8-12(6-7-13(9)19-3)16-10(2)15-17-14(18-20-15)11-4-5-11/h6-8,10-11,16H,4-5H2,1-3H3. The van der Waals surface area contributed by atoms with Gasteiger partial charge in [-0.2, -0.15) is 4.98 Å². The van der Waals surface area contributed by atoms with Crippen molar-refractivity contribution in [1.82, 2.24) is 10.1 Å². The van der Waals surface area contributed by atoms with Gasteiger partial charge in [-0.05, 0) is 50.5 Å². The maximum absolute atomic E-state index is 5.33. The molecule has 1 N–H and O–H groups in total. The second kappa shape index (κ2) is 5.15. The number of rotatable bonds is 5. The summed E-state index contributed by atoms with van der Waals surface area (Å²) in [6, 6.07) is 5.98. The lowest BCUT2D eigenvalue weighted by Crippen LogP contribution is -2.07. The van der Waals surface area contributed by atoms with E-state index < -0.39 is 0 Å². The van der Waals surface area contributed by atoms with Gasteiger partial charge in [0, 0.05) is 11.6 Å². The Kier molecular flexibility index (Phi) is 3.34. The first-order chi connectivity index (χ1) is 9.67. The number of hydrogen-bond donors (Lipinski definition) is 1. The van der Waals surface area contributed by atoms with Gasteiger partial charge >= 0.3 is 0 Å². The van der Waals surface area contributed by atoms with Crippen LogP contribution in [0.2, 0.25) is 0 Å². The molecule has 1 heterocycles. The molecule has 0 spiro atoms. The SMILES string of the molecule is COc1ccc(NC(C)c2nc(C3CC3)no2)cc1C. The third-order valence-electron chi connectivity index (χ3n) is 3.55. The Morgan fingerprint density at radius 1 is 1.40 bits per heavy atom. The fourth-order valence-corrected chi connectivity index (χ4v) is 2.21. The molecule has 0 saturated heterocycles. The fourth-order valence-electron chi connectivity index (χ4n) is 2.21. The molecule has 1 aromatic carbocycles. The summed E-state index contributed by atoms with van der Waals surface area (Å²) in [5.74, 6) is 2.89. The van der Waals surface area contributed by atoms with Crippen LogP contribution in [0.3, 0.4) is 0 Å². The second-order valence-corrected chi connectivity index (χ2v) is 5.32. The molecule has 5 heteroatoms. The molecule has 1 unspecified atom stereocenters. The van der Waals surface area contributed by atoms with Gasteiger partial charge in [0.1, 0.15) is 11.8 Å². The van der Waals surface area contributed by atoms with E-state index in [2.05, 4.69) is 15.5 Å². The normalized spacial score (nSPS) is 15.9. The predicted octanol–water partition coefficient (Wildman–Crippen LogP) is 3.44. The van der Waals surface area contributed by atoms with Crippen LogP contribution in [0.1, 0.15) is 49.0 Å². The van der Waals surface area contributed by atoms with Crippen molar-refractivity contribution in [1.29, 1.82) is 0 Å². The van der Waals surface area contributed by atoms with Crippen LogP contribution in [0.15, 0.2) is 22.7 Å². The summed E-state index contributed by atoms with van der Waals surface area (Å²) in [6.07, 6.45) is 2.36. The van der Waals surface area contributed by atoms with Crippen LogP contribution in [-0.4, -0.2) is 17.3 Å². The van der Waals surface area contributed by atoms with Crippen LogP contribution in [0, 0.1) is 6.92 Å².